The van der Waals surface area contributed by atoms with Crippen molar-refractivity contribution in [1.29, 1.82) is 0 Å². The predicted molar refractivity (Wildman–Crippen MR) is 101 cm³/mol. The highest BCUT2D eigenvalue weighted by Gasteiger charge is 2.08. The molecule has 0 unspecified atom stereocenters. The van der Waals surface area contributed by atoms with Gasteiger partial charge in [-0.25, -0.2) is 4.39 Å². The van der Waals surface area contributed by atoms with E-state index in [1.54, 1.807) is 24.3 Å². The summed E-state index contributed by atoms with van der Waals surface area (Å²) in [6, 6.07) is 11.8. The zero-order valence-corrected chi connectivity index (χ0v) is 15.2. The molecule has 0 bridgehead atoms. The molecule has 27 heavy (non-hydrogen) atoms. The van der Waals surface area contributed by atoms with E-state index in [9.17, 15) is 18.8 Å². The summed E-state index contributed by atoms with van der Waals surface area (Å²) in [4.78, 5) is 35.3. The number of benzene rings is 2. The topological polar surface area (TPSA) is 87.3 Å². The van der Waals surface area contributed by atoms with Crippen molar-refractivity contribution in [1.82, 2.24) is 10.6 Å². The van der Waals surface area contributed by atoms with Crippen LogP contribution in [0.5, 0.6) is 0 Å². The van der Waals surface area contributed by atoms with Crippen molar-refractivity contribution in [2.24, 2.45) is 0 Å². The highest BCUT2D eigenvalue weighted by molar-refractivity contribution is 6.30. The molecular formula is C19H19ClFN3O3. The third-order valence-electron chi connectivity index (χ3n) is 3.55. The number of nitrogens with one attached hydrogen (secondary N) is 3. The molecule has 0 atom stereocenters. The second-order valence-electron chi connectivity index (χ2n) is 5.67. The van der Waals surface area contributed by atoms with Crippen LogP contribution in [0.25, 0.3) is 0 Å². The minimum Gasteiger partial charge on any atom is -0.356 e. The van der Waals surface area contributed by atoms with Gasteiger partial charge in [-0.1, -0.05) is 11.6 Å². The zero-order valence-electron chi connectivity index (χ0n) is 14.4. The second kappa shape index (κ2) is 10.3. The molecule has 0 heterocycles. The monoisotopic (exact) mass is 391 g/mol. The van der Waals surface area contributed by atoms with Crippen LogP contribution in [0.3, 0.4) is 0 Å². The van der Waals surface area contributed by atoms with Gasteiger partial charge in [0.2, 0.25) is 11.8 Å². The number of carbonyl (C=O) groups excluding carboxylic acids is 3. The fourth-order valence-corrected chi connectivity index (χ4v) is 2.28. The first-order valence-corrected chi connectivity index (χ1v) is 8.68. The maximum atomic E-state index is 12.8. The fraction of sp³-hybridized carbons (Fsp3) is 0.211. The molecule has 3 amide bonds. The number of rotatable bonds is 8. The molecule has 0 saturated carbocycles. The number of halogens is 2. The standard InChI is InChI=1S/C19H19ClFN3O3/c20-14-3-1-13(2-4-14)19(27)23-12-9-17(25)22-11-10-18(26)24-16-7-5-15(21)6-8-16/h1-8H,9-12H2,(H,22,25)(H,23,27)(H,24,26). The Morgan fingerprint density at radius 3 is 2.07 bits per heavy atom. The highest BCUT2D eigenvalue weighted by atomic mass is 35.5. The van der Waals surface area contributed by atoms with Gasteiger partial charge >= 0.3 is 0 Å². The van der Waals surface area contributed by atoms with Crippen molar-refractivity contribution in [2.45, 2.75) is 12.8 Å². The predicted octanol–water partition coefficient (Wildman–Crippen LogP) is 2.74. The average Bonchev–Trinajstić information content (AvgIpc) is 2.64. The van der Waals surface area contributed by atoms with Crippen LogP contribution in [0.2, 0.25) is 5.02 Å². The molecular weight excluding hydrogens is 373 g/mol. The number of carbonyl (C=O) groups is 3. The van der Waals surface area contributed by atoms with E-state index in [4.69, 9.17) is 11.6 Å². The van der Waals surface area contributed by atoms with Gasteiger partial charge in [0.15, 0.2) is 0 Å². The quantitative estimate of drug-likeness (QED) is 0.646. The maximum absolute atomic E-state index is 12.8. The minimum absolute atomic E-state index is 0.0836. The number of hydrogen-bond acceptors (Lipinski definition) is 3. The molecule has 0 aliphatic rings. The first-order valence-electron chi connectivity index (χ1n) is 8.30. The molecule has 2 rings (SSSR count). The van der Waals surface area contributed by atoms with E-state index in [0.29, 0.717) is 16.3 Å². The molecule has 0 fully saturated rings. The van der Waals surface area contributed by atoms with Gasteiger partial charge in [0.1, 0.15) is 5.82 Å². The Balaban J connectivity index is 1.60. The Morgan fingerprint density at radius 1 is 0.815 bits per heavy atom. The van der Waals surface area contributed by atoms with E-state index < -0.39 is 0 Å². The molecule has 2 aromatic carbocycles. The van der Waals surface area contributed by atoms with Gasteiger partial charge in [-0.2, -0.15) is 0 Å². The van der Waals surface area contributed by atoms with Crippen LogP contribution in [-0.4, -0.2) is 30.8 Å². The second-order valence-corrected chi connectivity index (χ2v) is 6.10. The Labute approximate surface area is 161 Å². The molecule has 2 aromatic rings. The van der Waals surface area contributed by atoms with Crippen molar-refractivity contribution < 1.29 is 18.8 Å². The first-order chi connectivity index (χ1) is 12.9. The van der Waals surface area contributed by atoms with Crippen molar-refractivity contribution >= 4 is 35.0 Å². The van der Waals surface area contributed by atoms with Crippen LogP contribution in [0.4, 0.5) is 10.1 Å². The van der Waals surface area contributed by atoms with Crippen LogP contribution < -0.4 is 16.0 Å². The summed E-state index contributed by atoms with van der Waals surface area (Å²) in [6.45, 7) is 0.339. The lowest BCUT2D eigenvalue weighted by molar-refractivity contribution is -0.121. The average molecular weight is 392 g/mol. The molecule has 142 valence electrons. The van der Waals surface area contributed by atoms with Gasteiger partial charge in [0.05, 0.1) is 0 Å². The lowest BCUT2D eigenvalue weighted by Crippen LogP contribution is -2.32. The van der Waals surface area contributed by atoms with Crippen LogP contribution in [-0.2, 0) is 9.59 Å². The van der Waals surface area contributed by atoms with E-state index in [0.717, 1.165) is 0 Å². The van der Waals surface area contributed by atoms with Crippen molar-refractivity contribution in [2.75, 3.05) is 18.4 Å². The molecule has 0 aliphatic heterocycles. The summed E-state index contributed by atoms with van der Waals surface area (Å²) >= 11 is 5.76. The highest BCUT2D eigenvalue weighted by Crippen LogP contribution is 2.09. The van der Waals surface area contributed by atoms with Crippen molar-refractivity contribution in [3.63, 3.8) is 0 Å². The molecule has 0 radical (unpaired) electrons. The largest absolute Gasteiger partial charge is 0.356 e. The SMILES string of the molecule is O=C(CCNC(=O)c1ccc(Cl)cc1)NCCC(=O)Nc1ccc(F)cc1. The lowest BCUT2D eigenvalue weighted by atomic mass is 10.2. The molecule has 0 saturated heterocycles. The lowest BCUT2D eigenvalue weighted by Gasteiger charge is -2.08. The van der Waals surface area contributed by atoms with Crippen molar-refractivity contribution in [3.8, 4) is 0 Å². The minimum atomic E-state index is -0.386. The Morgan fingerprint density at radius 2 is 1.41 bits per heavy atom. The van der Waals surface area contributed by atoms with Crippen molar-refractivity contribution in [3.05, 3.63) is 64.9 Å². The van der Waals surface area contributed by atoms with E-state index >= 15 is 0 Å². The van der Waals surface area contributed by atoms with Crippen LogP contribution >= 0.6 is 11.6 Å². The molecule has 0 aliphatic carbocycles. The van der Waals surface area contributed by atoms with Gasteiger partial charge in [-0.3, -0.25) is 14.4 Å². The van der Waals surface area contributed by atoms with Gasteiger partial charge in [0.25, 0.3) is 5.91 Å². The van der Waals surface area contributed by atoms with E-state index in [1.165, 1.54) is 24.3 Å². The van der Waals surface area contributed by atoms with Gasteiger partial charge in [0, 0.05) is 42.2 Å². The number of amides is 3. The van der Waals surface area contributed by atoms with Crippen LogP contribution in [0, 0.1) is 5.82 Å². The van der Waals surface area contributed by atoms with E-state index in [2.05, 4.69) is 16.0 Å². The third-order valence-corrected chi connectivity index (χ3v) is 3.80. The molecule has 8 heteroatoms. The Hall–Kier alpha value is -2.93. The summed E-state index contributed by atoms with van der Waals surface area (Å²) in [5, 5.41) is 8.37. The summed E-state index contributed by atoms with van der Waals surface area (Å²) in [5.41, 5.74) is 0.940. The summed E-state index contributed by atoms with van der Waals surface area (Å²) in [7, 11) is 0. The van der Waals surface area contributed by atoms with Gasteiger partial charge in [-0.05, 0) is 48.5 Å². The Bertz CT molecular complexity index is 795. The van der Waals surface area contributed by atoms with E-state index in [-0.39, 0.29) is 49.5 Å². The smallest absolute Gasteiger partial charge is 0.251 e. The first kappa shape index (κ1) is 20.4. The fourth-order valence-electron chi connectivity index (χ4n) is 2.15. The summed E-state index contributed by atoms with van der Waals surface area (Å²) < 4.78 is 12.8. The normalized spacial score (nSPS) is 10.1. The van der Waals surface area contributed by atoms with Gasteiger partial charge < -0.3 is 16.0 Å². The molecule has 6 nitrogen and oxygen atoms in total. The molecule has 3 N–H and O–H groups in total. The Kier molecular flexibility index (Phi) is 7.76. The third kappa shape index (κ3) is 7.45. The molecule has 0 spiro atoms. The maximum Gasteiger partial charge on any atom is 0.251 e. The number of hydrogen-bond donors (Lipinski definition) is 3. The van der Waals surface area contributed by atoms with E-state index in [1.807, 2.05) is 0 Å². The molecule has 0 aromatic heterocycles. The zero-order chi connectivity index (χ0) is 19.6. The van der Waals surface area contributed by atoms with Gasteiger partial charge in [-0.15, -0.1) is 0 Å². The summed E-state index contributed by atoms with van der Waals surface area (Å²) in [6.07, 6.45) is 0.180. The number of anilines is 1. The summed E-state index contributed by atoms with van der Waals surface area (Å²) in [5.74, 6) is -1.25. The van der Waals surface area contributed by atoms with Crippen LogP contribution in [0.1, 0.15) is 23.2 Å². The van der Waals surface area contributed by atoms with Crippen LogP contribution in [0.15, 0.2) is 48.5 Å².